The van der Waals surface area contributed by atoms with Gasteiger partial charge in [-0.15, -0.1) is 0 Å². The number of aliphatic imine (C=N–C) groups is 1. The molecule has 1 amide bonds. The van der Waals surface area contributed by atoms with Gasteiger partial charge in [0.25, 0.3) is 5.91 Å². The number of nitrogens with one attached hydrogen (secondary N) is 2. The molecule has 3 heterocycles. The zero-order valence-electron chi connectivity index (χ0n) is 17.2. The van der Waals surface area contributed by atoms with E-state index in [4.69, 9.17) is 4.42 Å². The fourth-order valence-corrected chi connectivity index (χ4v) is 4.25. The molecule has 4 aromatic rings. The molecule has 0 aliphatic carbocycles. The number of amides is 1. The van der Waals surface area contributed by atoms with Crippen LogP contribution in [0.15, 0.2) is 87.7 Å². The first-order chi connectivity index (χ1) is 15.7. The van der Waals surface area contributed by atoms with Crippen molar-refractivity contribution in [2.24, 2.45) is 12.0 Å². The number of fused-ring (bicyclic) bond motifs is 1. The minimum atomic E-state index is -0.285. The highest BCUT2D eigenvalue weighted by Gasteiger charge is 2.23. The molecule has 1 atom stereocenters. The molecule has 32 heavy (non-hydrogen) atoms. The van der Waals surface area contributed by atoms with Crippen LogP contribution >= 0.6 is 11.9 Å². The van der Waals surface area contributed by atoms with Crippen LogP contribution in [0.25, 0.3) is 11.1 Å². The lowest BCUT2D eigenvalue weighted by Crippen LogP contribution is -2.40. The molecule has 1 aliphatic heterocycles. The van der Waals surface area contributed by atoms with Crippen LogP contribution in [-0.2, 0) is 11.8 Å². The summed E-state index contributed by atoms with van der Waals surface area (Å²) in [6.45, 7) is 0.335. The SMILES string of the molecule is Cn1cc(-c2ccc3c(c2)SNC(C(=O)NCC(c2ccccc2)c2ncco2)=N3)cn1. The first kappa shape index (κ1) is 20.1. The van der Waals surface area contributed by atoms with Crippen molar-refractivity contribution >= 4 is 29.4 Å². The van der Waals surface area contributed by atoms with E-state index < -0.39 is 0 Å². The number of benzene rings is 2. The number of oxazole rings is 1. The summed E-state index contributed by atoms with van der Waals surface area (Å²) < 4.78 is 10.3. The van der Waals surface area contributed by atoms with E-state index in [0.29, 0.717) is 12.4 Å². The number of hydrogen-bond donors (Lipinski definition) is 2. The van der Waals surface area contributed by atoms with Crippen molar-refractivity contribution < 1.29 is 9.21 Å². The van der Waals surface area contributed by atoms with Crippen molar-refractivity contribution in [2.45, 2.75) is 10.8 Å². The molecular formula is C23H20N6O2S. The average molecular weight is 445 g/mol. The second-order valence-electron chi connectivity index (χ2n) is 7.29. The molecule has 2 N–H and O–H groups in total. The summed E-state index contributed by atoms with van der Waals surface area (Å²) in [5.74, 6) is 0.335. The Kier molecular flexibility index (Phi) is 5.47. The first-order valence-corrected chi connectivity index (χ1v) is 10.9. The normalized spacial score (nSPS) is 13.6. The summed E-state index contributed by atoms with van der Waals surface area (Å²) in [4.78, 5) is 22.6. The van der Waals surface area contributed by atoms with Gasteiger partial charge in [0.1, 0.15) is 6.26 Å². The first-order valence-electron chi connectivity index (χ1n) is 10.0. The fourth-order valence-electron chi connectivity index (χ4n) is 3.50. The third-order valence-electron chi connectivity index (χ3n) is 5.12. The molecule has 160 valence electrons. The Morgan fingerprint density at radius 3 is 2.84 bits per heavy atom. The maximum Gasteiger partial charge on any atom is 0.287 e. The number of aryl methyl sites for hydroxylation is 1. The zero-order valence-corrected chi connectivity index (χ0v) is 18.0. The van der Waals surface area contributed by atoms with Gasteiger partial charge in [-0.1, -0.05) is 36.4 Å². The van der Waals surface area contributed by atoms with Gasteiger partial charge in [-0.3, -0.25) is 9.48 Å². The van der Waals surface area contributed by atoms with Gasteiger partial charge in [0, 0.05) is 25.4 Å². The molecule has 5 rings (SSSR count). The molecule has 0 saturated heterocycles. The highest BCUT2D eigenvalue weighted by molar-refractivity contribution is 7.98. The highest BCUT2D eigenvalue weighted by atomic mass is 32.2. The molecule has 0 fully saturated rings. The molecule has 1 aliphatic rings. The zero-order chi connectivity index (χ0) is 21.9. The number of carbonyl (C=O) groups is 1. The largest absolute Gasteiger partial charge is 0.448 e. The summed E-state index contributed by atoms with van der Waals surface area (Å²) in [5, 5.41) is 7.17. The smallest absolute Gasteiger partial charge is 0.287 e. The molecule has 1 unspecified atom stereocenters. The Bertz CT molecular complexity index is 1270. The van der Waals surface area contributed by atoms with Crippen LogP contribution in [0, 0.1) is 0 Å². The van der Waals surface area contributed by atoms with E-state index in [2.05, 4.69) is 25.1 Å². The summed E-state index contributed by atoms with van der Waals surface area (Å²) in [6.07, 6.45) is 6.92. The molecule has 0 spiro atoms. The molecule has 0 bridgehead atoms. The van der Waals surface area contributed by atoms with Gasteiger partial charge in [0.2, 0.25) is 11.7 Å². The third kappa shape index (κ3) is 4.15. The molecule has 0 radical (unpaired) electrons. The van der Waals surface area contributed by atoms with Crippen molar-refractivity contribution in [1.82, 2.24) is 24.8 Å². The van der Waals surface area contributed by atoms with E-state index in [1.54, 1.807) is 10.9 Å². The van der Waals surface area contributed by atoms with Crippen LogP contribution in [0.1, 0.15) is 17.4 Å². The van der Waals surface area contributed by atoms with E-state index in [1.165, 1.54) is 18.2 Å². The number of carbonyl (C=O) groups excluding carboxylic acids is 1. The van der Waals surface area contributed by atoms with Gasteiger partial charge in [0.15, 0.2) is 0 Å². The summed E-state index contributed by atoms with van der Waals surface area (Å²) >= 11 is 1.37. The van der Waals surface area contributed by atoms with Gasteiger partial charge < -0.3 is 14.5 Å². The van der Waals surface area contributed by atoms with E-state index in [-0.39, 0.29) is 17.7 Å². The predicted octanol–water partition coefficient (Wildman–Crippen LogP) is 3.66. The predicted molar refractivity (Wildman–Crippen MR) is 123 cm³/mol. The molecule has 2 aromatic heterocycles. The van der Waals surface area contributed by atoms with Crippen LogP contribution in [0.5, 0.6) is 0 Å². The van der Waals surface area contributed by atoms with Gasteiger partial charge in [0.05, 0.1) is 28.9 Å². The van der Waals surface area contributed by atoms with Gasteiger partial charge in [-0.05, 0) is 35.2 Å². The van der Waals surface area contributed by atoms with Crippen molar-refractivity contribution in [2.75, 3.05) is 6.54 Å². The number of nitrogens with zero attached hydrogens (tertiary/aromatic N) is 4. The highest BCUT2D eigenvalue weighted by Crippen LogP contribution is 2.35. The quantitative estimate of drug-likeness (QED) is 0.441. The third-order valence-corrected chi connectivity index (χ3v) is 5.96. The van der Waals surface area contributed by atoms with Gasteiger partial charge in [-0.2, -0.15) is 5.10 Å². The van der Waals surface area contributed by atoms with Crippen molar-refractivity contribution in [3.63, 3.8) is 0 Å². The number of aromatic nitrogens is 3. The van der Waals surface area contributed by atoms with Gasteiger partial charge in [-0.25, -0.2) is 9.98 Å². The van der Waals surface area contributed by atoms with E-state index >= 15 is 0 Å². The maximum atomic E-state index is 12.8. The maximum absolute atomic E-state index is 12.8. The average Bonchev–Trinajstić information content (AvgIpc) is 3.51. The lowest BCUT2D eigenvalue weighted by molar-refractivity contribution is -0.115. The Labute approximate surface area is 188 Å². The fraction of sp³-hybridized carbons (Fsp3) is 0.130. The van der Waals surface area contributed by atoms with Crippen molar-refractivity contribution in [1.29, 1.82) is 0 Å². The summed E-state index contributed by atoms with van der Waals surface area (Å²) in [6, 6.07) is 15.8. The molecular weight excluding hydrogens is 424 g/mol. The van der Waals surface area contributed by atoms with Gasteiger partial charge >= 0.3 is 0 Å². The van der Waals surface area contributed by atoms with E-state index in [1.807, 2.05) is 68.0 Å². The van der Waals surface area contributed by atoms with E-state index in [9.17, 15) is 4.79 Å². The molecule has 9 heteroatoms. The summed E-state index contributed by atoms with van der Waals surface area (Å²) in [7, 11) is 1.89. The number of amidine groups is 1. The van der Waals surface area contributed by atoms with Crippen LogP contribution in [0.2, 0.25) is 0 Å². The second kappa shape index (κ2) is 8.72. The number of rotatable bonds is 6. The van der Waals surface area contributed by atoms with Crippen molar-refractivity contribution in [3.8, 4) is 11.1 Å². The minimum absolute atomic E-state index is 0.193. The van der Waals surface area contributed by atoms with Crippen LogP contribution < -0.4 is 10.0 Å². The molecule has 2 aromatic carbocycles. The monoisotopic (exact) mass is 444 g/mol. The van der Waals surface area contributed by atoms with E-state index in [0.717, 1.165) is 27.3 Å². The second-order valence-corrected chi connectivity index (χ2v) is 8.14. The van der Waals surface area contributed by atoms with Crippen LogP contribution in [0.4, 0.5) is 5.69 Å². The van der Waals surface area contributed by atoms with Crippen LogP contribution in [-0.4, -0.2) is 33.1 Å². The Hall–Kier alpha value is -3.85. The molecule has 8 nitrogen and oxygen atoms in total. The van der Waals surface area contributed by atoms with Crippen molar-refractivity contribution in [3.05, 3.63) is 84.8 Å². The Morgan fingerprint density at radius 2 is 2.09 bits per heavy atom. The minimum Gasteiger partial charge on any atom is -0.448 e. The number of hydrogen-bond acceptors (Lipinski definition) is 7. The lowest BCUT2D eigenvalue weighted by Gasteiger charge is -2.19. The van der Waals surface area contributed by atoms with Crippen LogP contribution in [0.3, 0.4) is 0 Å². The standard InChI is InChI=1S/C23H20N6O2S/c1-29-14-17(12-26-29)16-7-8-19-20(11-16)32-28-21(27-19)22(30)25-13-18(23-24-9-10-31-23)15-5-3-2-4-6-15/h2-12,14,18H,13H2,1H3,(H,25,30)(H,27,28). The Balaban J connectivity index is 1.31. The summed E-state index contributed by atoms with van der Waals surface area (Å²) in [5.41, 5.74) is 3.84. The lowest BCUT2D eigenvalue weighted by atomic mass is 9.99. The molecule has 0 saturated carbocycles. The Morgan fingerprint density at radius 1 is 1.22 bits per heavy atom. The topological polar surface area (TPSA) is 97.3 Å².